The minimum atomic E-state index is -0.275. The van der Waals surface area contributed by atoms with Crippen molar-refractivity contribution in [3.63, 3.8) is 0 Å². The number of amides is 1. The summed E-state index contributed by atoms with van der Waals surface area (Å²) in [6.07, 6.45) is 2.11. The van der Waals surface area contributed by atoms with Crippen LogP contribution in [0.2, 0.25) is 0 Å². The Hall–Kier alpha value is -2.73. The molecule has 1 aliphatic carbocycles. The Morgan fingerprint density at radius 3 is 2.70 bits per heavy atom. The summed E-state index contributed by atoms with van der Waals surface area (Å²) in [5.74, 6) is 0.493. The highest BCUT2D eigenvalue weighted by Gasteiger charge is 2.34. The molecular formula is C24H28FN3O2. The Morgan fingerprint density at radius 2 is 1.97 bits per heavy atom. The molecule has 5 nitrogen and oxygen atoms in total. The minimum absolute atomic E-state index is 0.0352. The molecule has 4 rings (SSSR count). The molecule has 6 heteroatoms. The first-order valence-corrected chi connectivity index (χ1v) is 10.6. The van der Waals surface area contributed by atoms with E-state index in [9.17, 15) is 9.18 Å². The molecule has 0 aromatic heterocycles. The molecule has 2 atom stereocenters. The van der Waals surface area contributed by atoms with Crippen molar-refractivity contribution < 1.29 is 13.9 Å². The maximum atomic E-state index is 13.8. The van der Waals surface area contributed by atoms with Gasteiger partial charge in [-0.1, -0.05) is 19.9 Å². The molecular weight excluding hydrogens is 381 g/mol. The second-order valence-corrected chi connectivity index (χ2v) is 8.46. The Labute approximate surface area is 176 Å². The SMILES string of the molecule is CC(C)NC(C)COc1ccc(N2N=C3c4cc(F)ccc4CCC3CC2=O)cc1. The van der Waals surface area contributed by atoms with Gasteiger partial charge in [0, 0.05) is 30.0 Å². The number of hydrogen-bond acceptors (Lipinski definition) is 4. The summed E-state index contributed by atoms with van der Waals surface area (Å²) in [5.41, 5.74) is 3.42. The van der Waals surface area contributed by atoms with Crippen LogP contribution in [0.5, 0.6) is 5.75 Å². The number of anilines is 1. The van der Waals surface area contributed by atoms with Crippen molar-refractivity contribution >= 4 is 17.3 Å². The van der Waals surface area contributed by atoms with E-state index in [4.69, 9.17) is 4.74 Å². The van der Waals surface area contributed by atoms with Crippen LogP contribution in [-0.4, -0.2) is 30.3 Å². The third kappa shape index (κ3) is 4.38. The number of benzene rings is 2. The molecule has 1 aliphatic heterocycles. The number of carbonyl (C=O) groups is 1. The Bertz CT molecular complexity index is 955. The molecule has 2 aromatic rings. The first kappa shape index (κ1) is 20.5. The number of halogens is 1. The van der Waals surface area contributed by atoms with Crippen LogP contribution in [0, 0.1) is 11.7 Å². The summed E-state index contributed by atoms with van der Waals surface area (Å²) in [4.78, 5) is 12.7. The standard InChI is InChI=1S/C24H28FN3O2/c1-15(2)26-16(3)14-30-21-10-8-20(9-11-21)28-23(29)12-18-5-4-17-6-7-19(25)13-22(17)24(18)27-28/h6-11,13,15-16,18,26H,4-5,12,14H2,1-3H3. The van der Waals surface area contributed by atoms with Gasteiger partial charge in [-0.2, -0.15) is 5.10 Å². The van der Waals surface area contributed by atoms with E-state index >= 15 is 0 Å². The number of rotatable bonds is 6. The maximum absolute atomic E-state index is 13.8. The van der Waals surface area contributed by atoms with E-state index in [1.807, 2.05) is 30.3 Å². The summed E-state index contributed by atoms with van der Waals surface area (Å²) in [7, 11) is 0. The van der Waals surface area contributed by atoms with Crippen molar-refractivity contribution in [2.45, 2.75) is 52.1 Å². The van der Waals surface area contributed by atoms with Gasteiger partial charge in [-0.3, -0.25) is 4.79 Å². The first-order chi connectivity index (χ1) is 14.4. The van der Waals surface area contributed by atoms with Crippen molar-refractivity contribution in [2.24, 2.45) is 11.0 Å². The highest BCUT2D eigenvalue weighted by atomic mass is 19.1. The Balaban J connectivity index is 1.53. The second-order valence-electron chi connectivity index (χ2n) is 8.46. The molecule has 0 bridgehead atoms. The van der Waals surface area contributed by atoms with Gasteiger partial charge in [0.25, 0.3) is 0 Å². The Morgan fingerprint density at radius 1 is 1.20 bits per heavy atom. The largest absolute Gasteiger partial charge is 0.492 e. The number of ether oxygens (including phenoxy) is 1. The molecule has 0 saturated heterocycles. The van der Waals surface area contributed by atoms with Gasteiger partial charge in [-0.15, -0.1) is 0 Å². The zero-order chi connectivity index (χ0) is 21.3. The molecule has 158 valence electrons. The molecule has 30 heavy (non-hydrogen) atoms. The van der Waals surface area contributed by atoms with E-state index in [-0.39, 0.29) is 23.7 Å². The molecule has 2 unspecified atom stereocenters. The first-order valence-electron chi connectivity index (χ1n) is 10.6. The molecule has 1 amide bonds. The maximum Gasteiger partial charge on any atom is 0.248 e. The smallest absolute Gasteiger partial charge is 0.248 e. The molecule has 2 aliphatic rings. The molecule has 0 spiro atoms. The lowest BCUT2D eigenvalue weighted by Gasteiger charge is -2.33. The van der Waals surface area contributed by atoms with Crippen LogP contribution in [0.3, 0.4) is 0 Å². The van der Waals surface area contributed by atoms with Crippen LogP contribution >= 0.6 is 0 Å². The lowest BCUT2D eigenvalue weighted by atomic mass is 9.79. The number of aryl methyl sites for hydroxylation is 1. The van der Waals surface area contributed by atoms with Gasteiger partial charge in [0.2, 0.25) is 5.91 Å². The van der Waals surface area contributed by atoms with Crippen LogP contribution in [0.1, 0.15) is 44.7 Å². The topological polar surface area (TPSA) is 53.9 Å². The zero-order valence-electron chi connectivity index (χ0n) is 17.7. The fraction of sp³-hybridized carbons (Fsp3) is 0.417. The molecule has 1 heterocycles. The second kappa shape index (κ2) is 8.56. The van der Waals surface area contributed by atoms with Gasteiger partial charge in [0.15, 0.2) is 0 Å². The minimum Gasteiger partial charge on any atom is -0.492 e. The number of hydrogen-bond donors (Lipinski definition) is 1. The van der Waals surface area contributed by atoms with Gasteiger partial charge in [0.1, 0.15) is 18.2 Å². The number of nitrogens with one attached hydrogen (secondary N) is 1. The third-order valence-electron chi connectivity index (χ3n) is 5.56. The summed E-state index contributed by atoms with van der Waals surface area (Å²) in [6, 6.07) is 12.9. The fourth-order valence-corrected chi connectivity index (χ4v) is 4.21. The van der Waals surface area contributed by atoms with Crippen molar-refractivity contribution in [3.05, 3.63) is 59.4 Å². The lowest BCUT2D eigenvalue weighted by Crippen LogP contribution is -2.39. The Kier molecular flexibility index (Phi) is 5.86. The average Bonchev–Trinajstić information content (AvgIpc) is 2.71. The van der Waals surface area contributed by atoms with E-state index in [0.717, 1.165) is 35.4 Å². The summed E-state index contributed by atoms with van der Waals surface area (Å²) in [6.45, 7) is 6.85. The van der Waals surface area contributed by atoms with E-state index < -0.39 is 0 Å². The van der Waals surface area contributed by atoms with Gasteiger partial charge in [-0.05, 0) is 61.7 Å². The van der Waals surface area contributed by atoms with E-state index in [1.54, 1.807) is 0 Å². The lowest BCUT2D eigenvalue weighted by molar-refractivity contribution is -0.119. The predicted octanol–water partition coefficient (Wildman–Crippen LogP) is 4.29. The number of hydrazone groups is 1. The number of nitrogens with zero attached hydrogens (tertiary/aromatic N) is 2. The van der Waals surface area contributed by atoms with Crippen LogP contribution < -0.4 is 15.1 Å². The third-order valence-corrected chi connectivity index (χ3v) is 5.56. The highest BCUT2D eigenvalue weighted by Crippen LogP contribution is 2.34. The normalized spacial score (nSPS) is 19.2. The predicted molar refractivity (Wildman–Crippen MR) is 117 cm³/mol. The van der Waals surface area contributed by atoms with Gasteiger partial charge >= 0.3 is 0 Å². The molecule has 0 radical (unpaired) electrons. The van der Waals surface area contributed by atoms with Gasteiger partial charge in [-0.25, -0.2) is 9.40 Å². The number of carbonyl (C=O) groups excluding carboxylic acids is 1. The van der Waals surface area contributed by atoms with Crippen LogP contribution in [0.4, 0.5) is 10.1 Å². The molecule has 0 fully saturated rings. The summed E-state index contributed by atoms with van der Waals surface area (Å²) in [5, 5.41) is 9.50. The van der Waals surface area contributed by atoms with Gasteiger partial charge in [0.05, 0.1) is 11.4 Å². The monoisotopic (exact) mass is 409 g/mol. The van der Waals surface area contributed by atoms with Crippen LogP contribution in [-0.2, 0) is 11.2 Å². The van der Waals surface area contributed by atoms with Crippen LogP contribution in [0.25, 0.3) is 0 Å². The van der Waals surface area contributed by atoms with Crippen LogP contribution in [0.15, 0.2) is 47.6 Å². The summed E-state index contributed by atoms with van der Waals surface area (Å²) < 4.78 is 19.7. The molecule has 2 aromatic carbocycles. The van der Waals surface area contributed by atoms with E-state index in [2.05, 4.69) is 31.2 Å². The summed E-state index contributed by atoms with van der Waals surface area (Å²) >= 11 is 0. The van der Waals surface area contributed by atoms with E-state index in [1.165, 1.54) is 17.1 Å². The van der Waals surface area contributed by atoms with Crippen molar-refractivity contribution in [2.75, 3.05) is 11.6 Å². The molecule has 1 N–H and O–H groups in total. The average molecular weight is 410 g/mol. The molecule has 0 saturated carbocycles. The van der Waals surface area contributed by atoms with E-state index in [0.29, 0.717) is 24.8 Å². The van der Waals surface area contributed by atoms with Crippen molar-refractivity contribution in [1.29, 1.82) is 0 Å². The van der Waals surface area contributed by atoms with Crippen molar-refractivity contribution in [1.82, 2.24) is 5.32 Å². The van der Waals surface area contributed by atoms with Gasteiger partial charge < -0.3 is 10.1 Å². The zero-order valence-corrected chi connectivity index (χ0v) is 17.7. The number of fused-ring (bicyclic) bond motifs is 3. The van der Waals surface area contributed by atoms with Crippen molar-refractivity contribution in [3.8, 4) is 5.75 Å². The quantitative estimate of drug-likeness (QED) is 0.774. The fourth-order valence-electron chi connectivity index (χ4n) is 4.21. The highest BCUT2D eigenvalue weighted by molar-refractivity contribution is 6.11.